The van der Waals surface area contributed by atoms with Gasteiger partial charge in [0.1, 0.15) is 11.3 Å². The quantitative estimate of drug-likeness (QED) is 0.763. The Kier molecular flexibility index (Phi) is 2.32. The fraction of sp³-hybridized carbons (Fsp3) is 0.333. The summed E-state index contributed by atoms with van der Waals surface area (Å²) < 4.78 is 3.26. The molecular weight excluding hydrogens is 206 g/mol. The van der Waals surface area contributed by atoms with Crippen LogP contribution in [0.2, 0.25) is 5.02 Å². The van der Waals surface area contributed by atoms with E-state index in [2.05, 4.69) is 20.6 Å². The summed E-state index contributed by atoms with van der Waals surface area (Å²) in [6.45, 7) is 1.26. The monoisotopic (exact) mass is 213 g/mol. The van der Waals surface area contributed by atoms with Crippen LogP contribution < -0.4 is 5.73 Å². The lowest BCUT2D eigenvalue weighted by Crippen LogP contribution is -2.08. The lowest BCUT2D eigenvalue weighted by molar-refractivity contribution is 0.490. The molecule has 0 aliphatic carbocycles. The van der Waals surface area contributed by atoms with Crippen molar-refractivity contribution in [2.75, 3.05) is 5.73 Å². The van der Waals surface area contributed by atoms with Crippen LogP contribution in [-0.4, -0.2) is 30.0 Å². The molecule has 0 spiro atoms. The maximum atomic E-state index is 5.73. The Hall–Kier alpha value is -1.63. The predicted octanol–water partition coefficient (Wildman–Crippen LogP) is -0.195. The van der Waals surface area contributed by atoms with Gasteiger partial charge in [0.2, 0.25) is 0 Å². The van der Waals surface area contributed by atoms with Gasteiger partial charge in [0.15, 0.2) is 5.82 Å². The van der Waals surface area contributed by atoms with Gasteiger partial charge in [0, 0.05) is 6.20 Å². The second-order valence-corrected chi connectivity index (χ2v) is 3.11. The Morgan fingerprint density at radius 3 is 2.71 bits per heavy atom. The number of nitrogens with two attached hydrogens (primary N) is 1. The van der Waals surface area contributed by atoms with Crippen LogP contribution >= 0.6 is 11.6 Å². The van der Waals surface area contributed by atoms with E-state index in [9.17, 15) is 0 Å². The number of nitrogens with zero attached hydrogens (tertiary/aromatic N) is 6. The summed E-state index contributed by atoms with van der Waals surface area (Å²) in [5.74, 6) is 0.336. The zero-order chi connectivity index (χ0) is 9.97. The highest BCUT2D eigenvalue weighted by Gasteiger charge is 2.02. The van der Waals surface area contributed by atoms with Crippen LogP contribution in [0, 0.1) is 0 Å². The zero-order valence-electron chi connectivity index (χ0n) is 7.21. The molecule has 0 saturated carbocycles. The van der Waals surface area contributed by atoms with Crippen LogP contribution in [0.3, 0.4) is 0 Å². The Labute approximate surface area is 84.5 Å². The molecule has 0 fully saturated rings. The standard InChI is InChI=1S/C6H8ClN7/c7-5-3-13(10-6(5)8)1-2-14-4-9-11-12-14/h3-4H,1-2H2,(H2,8,10). The second kappa shape index (κ2) is 3.62. The number of aromatic nitrogens is 6. The molecule has 2 heterocycles. The van der Waals surface area contributed by atoms with Crippen LogP contribution in [0.25, 0.3) is 0 Å². The van der Waals surface area contributed by atoms with E-state index in [1.807, 2.05) is 0 Å². The maximum Gasteiger partial charge on any atom is 0.164 e. The van der Waals surface area contributed by atoms with Gasteiger partial charge in [-0.3, -0.25) is 4.68 Å². The summed E-state index contributed by atoms with van der Waals surface area (Å²) >= 11 is 5.73. The van der Waals surface area contributed by atoms with Crippen LogP contribution in [0.4, 0.5) is 5.82 Å². The number of nitrogen functional groups attached to an aromatic ring is 1. The maximum absolute atomic E-state index is 5.73. The van der Waals surface area contributed by atoms with Crippen LogP contribution in [0.1, 0.15) is 0 Å². The third-order valence-electron chi connectivity index (χ3n) is 1.69. The highest BCUT2D eigenvalue weighted by Crippen LogP contribution is 2.14. The van der Waals surface area contributed by atoms with Crippen LogP contribution in [0.15, 0.2) is 12.5 Å². The fourth-order valence-electron chi connectivity index (χ4n) is 1.01. The average Bonchev–Trinajstić information content (AvgIpc) is 2.74. The first-order valence-corrected chi connectivity index (χ1v) is 4.32. The third kappa shape index (κ3) is 1.82. The normalized spacial score (nSPS) is 10.6. The molecule has 0 radical (unpaired) electrons. The van der Waals surface area contributed by atoms with Crippen molar-refractivity contribution >= 4 is 17.4 Å². The molecule has 2 aromatic rings. The van der Waals surface area contributed by atoms with Crippen molar-refractivity contribution in [1.29, 1.82) is 0 Å². The summed E-state index contributed by atoms with van der Waals surface area (Å²) in [6.07, 6.45) is 3.20. The minimum atomic E-state index is 0.336. The fourth-order valence-corrected chi connectivity index (χ4v) is 1.16. The molecular formula is C6H8ClN7. The van der Waals surface area contributed by atoms with Crippen molar-refractivity contribution in [1.82, 2.24) is 30.0 Å². The predicted molar refractivity (Wildman–Crippen MR) is 49.5 cm³/mol. The molecule has 14 heavy (non-hydrogen) atoms. The molecule has 7 nitrogen and oxygen atoms in total. The Morgan fingerprint density at radius 2 is 2.14 bits per heavy atom. The van der Waals surface area contributed by atoms with E-state index in [0.717, 1.165) is 0 Å². The van der Waals surface area contributed by atoms with Gasteiger partial charge in [-0.05, 0) is 10.4 Å². The van der Waals surface area contributed by atoms with E-state index in [0.29, 0.717) is 23.9 Å². The lowest BCUT2D eigenvalue weighted by atomic mass is 10.6. The largest absolute Gasteiger partial charge is 0.381 e. The molecule has 0 aliphatic heterocycles. The van der Waals surface area contributed by atoms with Crippen molar-refractivity contribution in [2.45, 2.75) is 13.1 Å². The molecule has 0 unspecified atom stereocenters. The van der Waals surface area contributed by atoms with Gasteiger partial charge in [-0.15, -0.1) is 5.10 Å². The van der Waals surface area contributed by atoms with Gasteiger partial charge >= 0.3 is 0 Å². The molecule has 8 heteroatoms. The van der Waals surface area contributed by atoms with Gasteiger partial charge < -0.3 is 5.73 Å². The van der Waals surface area contributed by atoms with Crippen LogP contribution in [0.5, 0.6) is 0 Å². The van der Waals surface area contributed by atoms with Gasteiger partial charge in [-0.1, -0.05) is 11.6 Å². The Morgan fingerprint density at radius 1 is 1.36 bits per heavy atom. The van der Waals surface area contributed by atoms with Crippen molar-refractivity contribution < 1.29 is 0 Å². The minimum absolute atomic E-state index is 0.336. The first kappa shape index (κ1) is 8.95. The molecule has 0 saturated heterocycles. The SMILES string of the molecule is Nc1nn(CCn2cnnn2)cc1Cl. The second-order valence-electron chi connectivity index (χ2n) is 2.70. The molecule has 0 aromatic carbocycles. The van der Waals surface area contributed by atoms with Crippen molar-refractivity contribution in [3.8, 4) is 0 Å². The lowest BCUT2D eigenvalue weighted by Gasteiger charge is -1.99. The summed E-state index contributed by atoms with van der Waals surface area (Å²) in [6, 6.07) is 0. The Bertz CT molecular complexity index is 386. The molecule has 0 atom stereocenters. The highest BCUT2D eigenvalue weighted by molar-refractivity contribution is 6.32. The van der Waals surface area contributed by atoms with Gasteiger partial charge in [-0.25, -0.2) is 4.68 Å². The van der Waals surface area contributed by atoms with Gasteiger partial charge in [-0.2, -0.15) is 5.10 Å². The molecule has 0 amide bonds. The highest BCUT2D eigenvalue weighted by atomic mass is 35.5. The summed E-state index contributed by atoms with van der Waals surface area (Å²) in [5.41, 5.74) is 5.48. The van der Waals surface area contributed by atoms with Gasteiger partial charge in [0.25, 0.3) is 0 Å². The van der Waals surface area contributed by atoms with Crippen LogP contribution in [-0.2, 0) is 13.1 Å². The molecule has 2 rings (SSSR count). The molecule has 74 valence electrons. The number of rotatable bonds is 3. The smallest absolute Gasteiger partial charge is 0.164 e. The van der Waals surface area contributed by atoms with E-state index in [-0.39, 0.29) is 0 Å². The minimum Gasteiger partial charge on any atom is -0.381 e. The summed E-state index contributed by atoms with van der Waals surface area (Å²) in [4.78, 5) is 0. The molecule has 0 bridgehead atoms. The van der Waals surface area contributed by atoms with Crippen molar-refractivity contribution in [3.05, 3.63) is 17.5 Å². The average molecular weight is 214 g/mol. The molecule has 0 aliphatic rings. The summed E-state index contributed by atoms with van der Waals surface area (Å²) in [5, 5.41) is 15.2. The van der Waals surface area contributed by atoms with Gasteiger partial charge in [0.05, 0.1) is 13.1 Å². The number of tetrazole rings is 1. The van der Waals surface area contributed by atoms with E-state index in [1.54, 1.807) is 15.6 Å². The number of anilines is 1. The third-order valence-corrected chi connectivity index (χ3v) is 1.98. The van der Waals surface area contributed by atoms with Crippen molar-refractivity contribution in [3.63, 3.8) is 0 Å². The first-order chi connectivity index (χ1) is 6.75. The number of hydrogen-bond donors (Lipinski definition) is 1. The summed E-state index contributed by atoms with van der Waals surface area (Å²) in [7, 11) is 0. The zero-order valence-corrected chi connectivity index (χ0v) is 7.96. The molecule has 2 N–H and O–H groups in total. The van der Waals surface area contributed by atoms with E-state index >= 15 is 0 Å². The van der Waals surface area contributed by atoms with E-state index in [1.165, 1.54) is 6.33 Å². The Balaban J connectivity index is 1.98. The van der Waals surface area contributed by atoms with Crippen molar-refractivity contribution in [2.24, 2.45) is 0 Å². The number of hydrogen-bond acceptors (Lipinski definition) is 5. The first-order valence-electron chi connectivity index (χ1n) is 3.95. The number of halogens is 1. The topological polar surface area (TPSA) is 87.4 Å². The number of aryl methyl sites for hydroxylation is 2. The van der Waals surface area contributed by atoms with E-state index in [4.69, 9.17) is 17.3 Å². The van der Waals surface area contributed by atoms with E-state index < -0.39 is 0 Å². The molecule has 2 aromatic heterocycles.